The lowest BCUT2D eigenvalue weighted by Crippen LogP contribution is -2.11. The normalized spacial score (nSPS) is 7.83. The molecule has 0 fully saturated rings. The van der Waals surface area contributed by atoms with Gasteiger partial charge in [0.1, 0.15) is 0 Å². The maximum atomic E-state index is 10.1. The molecule has 0 aromatic carbocycles. The summed E-state index contributed by atoms with van der Waals surface area (Å²) in [5, 5.41) is 7.60. The van der Waals surface area contributed by atoms with E-state index in [1.807, 2.05) is 6.92 Å². The summed E-state index contributed by atoms with van der Waals surface area (Å²) in [6.07, 6.45) is 0.648. The SMILES string of the molecule is C=C(CC)C(N)=O.NCC(=O)O. The van der Waals surface area contributed by atoms with Crippen LogP contribution >= 0.6 is 0 Å². The second-order valence-corrected chi connectivity index (χ2v) is 1.92. The van der Waals surface area contributed by atoms with Crippen LogP contribution in [0.2, 0.25) is 0 Å². The third-order valence-corrected chi connectivity index (χ3v) is 0.950. The quantitative estimate of drug-likeness (QED) is 0.500. The van der Waals surface area contributed by atoms with E-state index < -0.39 is 11.9 Å². The van der Waals surface area contributed by atoms with Gasteiger partial charge in [-0.1, -0.05) is 13.5 Å². The lowest BCUT2D eigenvalue weighted by molar-refractivity contribution is -0.135. The molecule has 0 aromatic rings. The van der Waals surface area contributed by atoms with E-state index in [0.717, 1.165) is 0 Å². The van der Waals surface area contributed by atoms with Crippen molar-refractivity contribution in [2.75, 3.05) is 6.54 Å². The molecule has 0 rings (SSSR count). The van der Waals surface area contributed by atoms with Gasteiger partial charge in [-0.15, -0.1) is 0 Å². The molecule has 12 heavy (non-hydrogen) atoms. The molecule has 0 aliphatic carbocycles. The Morgan fingerprint density at radius 2 is 1.83 bits per heavy atom. The molecular formula is C7H14N2O3. The van der Waals surface area contributed by atoms with Crippen molar-refractivity contribution >= 4 is 11.9 Å². The molecule has 0 saturated heterocycles. The average Bonchev–Trinajstić information content (AvgIpc) is 2.04. The number of aliphatic carboxylic acids is 1. The minimum Gasteiger partial charge on any atom is -0.480 e. The highest BCUT2D eigenvalue weighted by Gasteiger charge is 1.93. The van der Waals surface area contributed by atoms with Gasteiger partial charge in [0.25, 0.3) is 0 Å². The zero-order valence-corrected chi connectivity index (χ0v) is 7.04. The Kier molecular flexibility index (Phi) is 8.55. The second-order valence-electron chi connectivity index (χ2n) is 1.92. The number of carbonyl (C=O) groups excluding carboxylic acids is 1. The number of rotatable bonds is 3. The molecule has 0 aliphatic heterocycles. The Balaban J connectivity index is 0. The van der Waals surface area contributed by atoms with Gasteiger partial charge in [0.05, 0.1) is 6.54 Å². The third-order valence-electron chi connectivity index (χ3n) is 0.950. The van der Waals surface area contributed by atoms with Crippen LogP contribution in [0.5, 0.6) is 0 Å². The Morgan fingerprint density at radius 1 is 1.50 bits per heavy atom. The lowest BCUT2D eigenvalue weighted by atomic mass is 10.2. The fourth-order valence-corrected chi connectivity index (χ4v) is 0.174. The Labute approximate surface area is 71.0 Å². The molecule has 0 radical (unpaired) electrons. The molecular weight excluding hydrogens is 160 g/mol. The molecule has 0 unspecified atom stereocenters. The first-order chi connectivity index (χ1) is 5.45. The predicted molar refractivity (Wildman–Crippen MR) is 45.3 cm³/mol. The van der Waals surface area contributed by atoms with Crippen molar-refractivity contribution in [2.45, 2.75) is 13.3 Å². The summed E-state index contributed by atoms with van der Waals surface area (Å²) in [4.78, 5) is 19.3. The summed E-state index contributed by atoms with van der Waals surface area (Å²) in [5.41, 5.74) is 9.87. The van der Waals surface area contributed by atoms with E-state index in [-0.39, 0.29) is 6.54 Å². The van der Waals surface area contributed by atoms with Gasteiger partial charge in [-0.25, -0.2) is 0 Å². The molecule has 0 bridgehead atoms. The number of primary amides is 1. The molecule has 0 atom stereocenters. The van der Waals surface area contributed by atoms with E-state index in [0.29, 0.717) is 12.0 Å². The van der Waals surface area contributed by atoms with Crippen molar-refractivity contribution in [3.05, 3.63) is 12.2 Å². The Hall–Kier alpha value is -1.36. The standard InChI is InChI=1S/C5H9NO.C2H5NO2/c1-3-4(2)5(6)7;3-1-2(4)5/h2-3H2,1H3,(H2,6,7);1,3H2,(H,4,5). The van der Waals surface area contributed by atoms with Crippen LogP contribution in [0.4, 0.5) is 0 Å². The lowest BCUT2D eigenvalue weighted by Gasteiger charge is -1.89. The molecule has 0 heterocycles. The molecule has 0 spiro atoms. The van der Waals surface area contributed by atoms with Crippen molar-refractivity contribution in [1.29, 1.82) is 0 Å². The van der Waals surface area contributed by atoms with Crippen LogP contribution in [0.3, 0.4) is 0 Å². The highest BCUT2D eigenvalue weighted by Crippen LogP contribution is 1.91. The van der Waals surface area contributed by atoms with Crippen molar-refractivity contribution in [3.8, 4) is 0 Å². The van der Waals surface area contributed by atoms with E-state index in [9.17, 15) is 9.59 Å². The second kappa shape index (κ2) is 7.74. The fourth-order valence-electron chi connectivity index (χ4n) is 0.174. The number of carboxylic acids is 1. The first-order valence-electron chi connectivity index (χ1n) is 3.35. The number of nitrogens with two attached hydrogens (primary N) is 2. The van der Waals surface area contributed by atoms with Gasteiger partial charge in [-0.05, 0) is 6.42 Å². The number of carboxylic acid groups (broad SMARTS) is 1. The van der Waals surface area contributed by atoms with Crippen molar-refractivity contribution in [1.82, 2.24) is 0 Å². The van der Waals surface area contributed by atoms with E-state index in [1.165, 1.54) is 0 Å². The molecule has 70 valence electrons. The molecule has 1 amide bonds. The topological polar surface area (TPSA) is 106 Å². The van der Waals surface area contributed by atoms with Crippen molar-refractivity contribution in [3.63, 3.8) is 0 Å². The number of hydrogen-bond donors (Lipinski definition) is 3. The average molecular weight is 174 g/mol. The van der Waals surface area contributed by atoms with Crippen molar-refractivity contribution in [2.24, 2.45) is 11.5 Å². The monoisotopic (exact) mass is 174 g/mol. The van der Waals surface area contributed by atoms with Crippen molar-refractivity contribution < 1.29 is 14.7 Å². The first-order valence-corrected chi connectivity index (χ1v) is 3.35. The van der Waals surface area contributed by atoms with Gasteiger partial charge in [0.15, 0.2) is 0 Å². The molecule has 5 N–H and O–H groups in total. The summed E-state index contributed by atoms with van der Waals surface area (Å²) in [6.45, 7) is 4.96. The molecule has 0 saturated carbocycles. The van der Waals surface area contributed by atoms with Crippen LogP contribution in [0, 0.1) is 0 Å². The van der Waals surface area contributed by atoms with Crippen LogP contribution in [0.15, 0.2) is 12.2 Å². The maximum Gasteiger partial charge on any atom is 0.317 e. The summed E-state index contributed by atoms with van der Waals surface area (Å²) in [7, 11) is 0. The molecule has 5 heteroatoms. The summed E-state index contributed by atoms with van der Waals surface area (Å²) >= 11 is 0. The number of hydrogen-bond acceptors (Lipinski definition) is 3. The fraction of sp³-hybridized carbons (Fsp3) is 0.429. The highest BCUT2D eigenvalue weighted by atomic mass is 16.4. The minimum atomic E-state index is -0.968. The predicted octanol–water partition coefficient (Wildman–Crippen LogP) is -0.532. The van der Waals surface area contributed by atoms with E-state index in [4.69, 9.17) is 10.8 Å². The van der Waals surface area contributed by atoms with Crippen LogP contribution in [-0.4, -0.2) is 23.5 Å². The van der Waals surface area contributed by atoms with E-state index in [2.05, 4.69) is 12.3 Å². The van der Waals surface area contributed by atoms with Crippen LogP contribution < -0.4 is 11.5 Å². The summed E-state index contributed by atoms with van der Waals surface area (Å²) in [5.74, 6) is -1.37. The maximum absolute atomic E-state index is 10.1. The zero-order chi connectivity index (χ0) is 10.1. The zero-order valence-electron chi connectivity index (χ0n) is 7.04. The first kappa shape index (κ1) is 13.2. The number of carbonyl (C=O) groups is 2. The molecule has 5 nitrogen and oxygen atoms in total. The van der Waals surface area contributed by atoms with E-state index >= 15 is 0 Å². The van der Waals surface area contributed by atoms with Gasteiger partial charge in [-0.3, -0.25) is 9.59 Å². The smallest absolute Gasteiger partial charge is 0.317 e. The minimum absolute atomic E-state index is 0.278. The van der Waals surface area contributed by atoms with Gasteiger partial charge < -0.3 is 16.6 Å². The van der Waals surface area contributed by atoms with Crippen LogP contribution in [0.25, 0.3) is 0 Å². The molecule has 0 aliphatic rings. The van der Waals surface area contributed by atoms with Gasteiger partial charge in [0.2, 0.25) is 5.91 Å². The third kappa shape index (κ3) is 11.4. The summed E-state index contributed by atoms with van der Waals surface area (Å²) in [6, 6.07) is 0. The Morgan fingerprint density at radius 3 is 1.83 bits per heavy atom. The summed E-state index contributed by atoms with van der Waals surface area (Å²) < 4.78 is 0. The largest absolute Gasteiger partial charge is 0.480 e. The highest BCUT2D eigenvalue weighted by molar-refractivity contribution is 5.91. The van der Waals surface area contributed by atoms with Crippen LogP contribution in [-0.2, 0) is 9.59 Å². The molecule has 0 aromatic heterocycles. The van der Waals surface area contributed by atoms with E-state index in [1.54, 1.807) is 0 Å². The Bertz CT molecular complexity index is 177. The van der Waals surface area contributed by atoms with Gasteiger partial charge in [-0.2, -0.15) is 0 Å². The van der Waals surface area contributed by atoms with Gasteiger partial charge >= 0.3 is 5.97 Å². The van der Waals surface area contributed by atoms with Crippen LogP contribution in [0.1, 0.15) is 13.3 Å². The number of amides is 1. The van der Waals surface area contributed by atoms with Gasteiger partial charge in [0, 0.05) is 5.57 Å².